The zero-order valence-electron chi connectivity index (χ0n) is 8.56. The highest BCUT2D eigenvalue weighted by Gasteiger charge is 2.07. The van der Waals surface area contributed by atoms with Gasteiger partial charge in [-0.25, -0.2) is 4.39 Å². The van der Waals surface area contributed by atoms with Gasteiger partial charge in [0.1, 0.15) is 0 Å². The molecule has 0 heterocycles. The molecule has 0 saturated heterocycles. The molecule has 0 unspecified atom stereocenters. The number of ether oxygens (including phenoxy) is 1. The van der Waals surface area contributed by atoms with Crippen LogP contribution in [0.25, 0.3) is 0 Å². The minimum Gasteiger partial charge on any atom is -0.494 e. The van der Waals surface area contributed by atoms with Crippen LogP contribution in [0.15, 0.2) is 12.1 Å². The molecule has 4 heteroatoms. The Hall–Kier alpha value is -1.13. The molecule has 0 aliphatic carbocycles. The van der Waals surface area contributed by atoms with Gasteiger partial charge in [0.05, 0.1) is 14.2 Å². The molecule has 3 nitrogen and oxygen atoms in total. The van der Waals surface area contributed by atoms with Crippen LogP contribution < -0.4 is 10.2 Å². The number of nitrogens with one attached hydrogen (secondary N) is 1. The lowest BCUT2D eigenvalue weighted by molar-refractivity contribution is 0.0866. The van der Waals surface area contributed by atoms with Crippen LogP contribution in [0.5, 0.6) is 5.75 Å². The van der Waals surface area contributed by atoms with E-state index in [0.29, 0.717) is 12.1 Å². The van der Waals surface area contributed by atoms with Crippen LogP contribution in [0.3, 0.4) is 0 Å². The molecule has 1 rings (SSSR count). The van der Waals surface area contributed by atoms with E-state index in [2.05, 4.69) is 5.48 Å². The number of hydroxylamine groups is 1. The molecule has 0 amide bonds. The lowest BCUT2D eigenvalue weighted by atomic mass is 10.1. The third kappa shape index (κ3) is 2.43. The molecule has 78 valence electrons. The predicted octanol–water partition coefficient (Wildman–Crippen LogP) is 1.79. The number of aryl methyl sites for hydroxylation is 1. The average Bonchev–Trinajstić information content (AvgIpc) is 2.19. The van der Waals surface area contributed by atoms with Crippen molar-refractivity contribution in [1.82, 2.24) is 5.48 Å². The van der Waals surface area contributed by atoms with Gasteiger partial charge in [0.15, 0.2) is 11.6 Å². The number of methoxy groups -OCH3 is 1. The first-order valence-corrected chi connectivity index (χ1v) is 4.28. The Morgan fingerprint density at radius 2 is 2.07 bits per heavy atom. The topological polar surface area (TPSA) is 30.5 Å². The van der Waals surface area contributed by atoms with E-state index in [1.165, 1.54) is 14.2 Å². The van der Waals surface area contributed by atoms with E-state index in [-0.39, 0.29) is 11.6 Å². The van der Waals surface area contributed by atoms with Crippen LogP contribution in [0.4, 0.5) is 4.39 Å². The summed E-state index contributed by atoms with van der Waals surface area (Å²) in [6.07, 6.45) is 0. The van der Waals surface area contributed by atoms with Gasteiger partial charge in [-0.1, -0.05) is 6.07 Å². The summed E-state index contributed by atoms with van der Waals surface area (Å²) in [6, 6.07) is 3.40. The summed E-state index contributed by atoms with van der Waals surface area (Å²) in [5, 5.41) is 0. The van der Waals surface area contributed by atoms with Crippen molar-refractivity contribution < 1.29 is 14.0 Å². The molecule has 0 aliphatic rings. The Morgan fingerprint density at radius 3 is 2.64 bits per heavy atom. The number of halogens is 1. The van der Waals surface area contributed by atoms with Crippen molar-refractivity contribution in [3.8, 4) is 5.75 Å². The second kappa shape index (κ2) is 4.93. The molecule has 0 atom stereocenters. The number of hydrogen-bond donors (Lipinski definition) is 1. The Kier molecular flexibility index (Phi) is 3.85. The highest BCUT2D eigenvalue weighted by atomic mass is 19.1. The van der Waals surface area contributed by atoms with Crippen LogP contribution in [0, 0.1) is 12.7 Å². The number of hydrogen-bond acceptors (Lipinski definition) is 3. The minimum absolute atomic E-state index is 0.262. The summed E-state index contributed by atoms with van der Waals surface area (Å²) in [4.78, 5) is 4.70. The van der Waals surface area contributed by atoms with Gasteiger partial charge in [0.2, 0.25) is 0 Å². The second-order valence-corrected chi connectivity index (χ2v) is 2.95. The fraction of sp³-hybridized carbons (Fsp3) is 0.400. The summed E-state index contributed by atoms with van der Waals surface area (Å²) >= 11 is 0. The summed E-state index contributed by atoms with van der Waals surface area (Å²) in [5.74, 6) is -0.0495. The van der Waals surface area contributed by atoms with Crippen molar-refractivity contribution in [2.75, 3.05) is 14.2 Å². The van der Waals surface area contributed by atoms with E-state index in [0.717, 1.165) is 5.56 Å². The molecule has 1 aromatic rings. The van der Waals surface area contributed by atoms with Crippen molar-refractivity contribution in [2.45, 2.75) is 13.5 Å². The Balaban J connectivity index is 2.91. The number of rotatable bonds is 4. The first kappa shape index (κ1) is 10.9. The number of benzene rings is 1. The molecule has 0 saturated carbocycles. The van der Waals surface area contributed by atoms with Crippen molar-refractivity contribution in [3.05, 3.63) is 29.1 Å². The van der Waals surface area contributed by atoms with Gasteiger partial charge in [-0.05, 0) is 24.1 Å². The molecular weight excluding hydrogens is 185 g/mol. The van der Waals surface area contributed by atoms with E-state index < -0.39 is 0 Å². The van der Waals surface area contributed by atoms with Gasteiger partial charge in [-0.15, -0.1) is 0 Å². The van der Waals surface area contributed by atoms with Gasteiger partial charge in [-0.3, -0.25) is 0 Å². The fourth-order valence-electron chi connectivity index (χ4n) is 1.22. The molecule has 0 spiro atoms. The van der Waals surface area contributed by atoms with Gasteiger partial charge in [0.25, 0.3) is 0 Å². The smallest absolute Gasteiger partial charge is 0.167 e. The second-order valence-electron chi connectivity index (χ2n) is 2.95. The van der Waals surface area contributed by atoms with Crippen LogP contribution >= 0.6 is 0 Å². The monoisotopic (exact) mass is 199 g/mol. The zero-order valence-corrected chi connectivity index (χ0v) is 8.56. The maximum Gasteiger partial charge on any atom is 0.167 e. The Labute approximate surface area is 82.8 Å². The first-order valence-electron chi connectivity index (χ1n) is 4.28. The van der Waals surface area contributed by atoms with E-state index in [9.17, 15) is 4.39 Å². The largest absolute Gasteiger partial charge is 0.494 e. The van der Waals surface area contributed by atoms with Crippen LogP contribution in [0.2, 0.25) is 0 Å². The third-order valence-corrected chi connectivity index (χ3v) is 1.92. The maximum absolute atomic E-state index is 13.3. The van der Waals surface area contributed by atoms with E-state index in [4.69, 9.17) is 9.57 Å². The standard InChI is InChI=1S/C10H14FNO2/c1-7-4-8(6-12-14-3)5-9(13-2)10(7)11/h4-5,12H,6H2,1-3H3. The van der Waals surface area contributed by atoms with E-state index in [1.807, 2.05) is 0 Å². The molecule has 1 aromatic carbocycles. The summed E-state index contributed by atoms with van der Waals surface area (Å²) in [5.41, 5.74) is 4.17. The molecule has 14 heavy (non-hydrogen) atoms. The normalized spacial score (nSPS) is 10.3. The zero-order chi connectivity index (χ0) is 10.6. The SMILES string of the molecule is CONCc1cc(C)c(F)c(OC)c1. The summed E-state index contributed by atoms with van der Waals surface area (Å²) in [7, 11) is 2.99. The van der Waals surface area contributed by atoms with E-state index in [1.54, 1.807) is 19.1 Å². The van der Waals surface area contributed by atoms with Gasteiger partial charge >= 0.3 is 0 Å². The molecule has 1 N–H and O–H groups in total. The van der Waals surface area contributed by atoms with Crippen molar-refractivity contribution >= 4 is 0 Å². The average molecular weight is 199 g/mol. The van der Waals surface area contributed by atoms with E-state index >= 15 is 0 Å². The molecule has 0 radical (unpaired) electrons. The quantitative estimate of drug-likeness (QED) is 0.750. The third-order valence-electron chi connectivity index (χ3n) is 1.92. The summed E-state index contributed by atoms with van der Waals surface area (Å²) in [6.45, 7) is 2.22. The highest BCUT2D eigenvalue weighted by molar-refractivity contribution is 5.35. The maximum atomic E-state index is 13.3. The molecule has 0 fully saturated rings. The van der Waals surface area contributed by atoms with Gasteiger partial charge < -0.3 is 9.57 Å². The lowest BCUT2D eigenvalue weighted by Crippen LogP contribution is -2.11. The van der Waals surface area contributed by atoms with Gasteiger partial charge in [-0.2, -0.15) is 5.48 Å². The molecule has 0 aromatic heterocycles. The van der Waals surface area contributed by atoms with Gasteiger partial charge in [0, 0.05) is 6.54 Å². The van der Waals surface area contributed by atoms with Crippen LogP contribution in [-0.2, 0) is 11.4 Å². The van der Waals surface area contributed by atoms with Crippen molar-refractivity contribution in [2.24, 2.45) is 0 Å². The Morgan fingerprint density at radius 1 is 1.36 bits per heavy atom. The highest BCUT2D eigenvalue weighted by Crippen LogP contribution is 2.22. The van der Waals surface area contributed by atoms with Crippen LogP contribution in [0.1, 0.15) is 11.1 Å². The first-order chi connectivity index (χ1) is 6.69. The fourth-order valence-corrected chi connectivity index (χ4v) is 1.22. The minimum atomic E-state index is -0.311. The lowest BCUT2D eigenvalue weighted by Gasteiger charge is -2.08. The molecule has 0 aliphatic heterocycles. The molecular formula is C10H14FNO2. The Bertz CT molecular complexity index is 315. The van der Waals surface area contributed by atoms with Crippen molar-refractivity contribution in [3.63, 3.8) is 0 Å². The summed E-state index contributed by atoms with van der Waals surface area (Å²) < 4.78 is 18.2. The van der Waals surface area contributed by atoms with Crippen LogP contribution in [-0.4, -0.2) is 14.2 Å². The van der Waals surface area contributed by atoms with Crippen molar-refractivity contribution in [1.29, 1.82) is 0 Å². The molecule has 0 bridgehead atoms. The predicted molar refractivity (Wildman–Crippen MR) is 51.5 cm³/mol.